The van der Waals surface area contributed by atoms with Crippen LogP contribution >= 0.6 is 0 Å². The van der Waals surface area contributed by atoms with Crippen LogP contribution in [0.15, 0.2) is 18.2 Å². The number of hydrogen-bond acceptors (Lipinski definition) is 2. The minimum atomic E-state index is -1.10. The van der Waals surface area contributed by atoms with E-state index in [9.17, 15) is 13.6 Å². The second-order valence-electron chi connectivity index (χ2n) is 4.36. The van der Waals surface area contributed by atoms with Crippen LogP contribution in [0.5, 0.6) is 0 Å². The van der Waals surface area contributed by atoms with Gasteiger partial charge in [0.25, 0.3) is 0 Å². The second kappa shape index (κ2) is 6.25. The van der Waals surface area contributed by atoms with Gasteiger partial charge < -0.3 is 0 Å². The van der Waals surface area contributed by atoms with Crippen molar-refractivity contribution in [1.82, 2.24) is 0 Å². The van der Waals surface area contributed by atoms with Crippen molar-refractivity contribution in [3.8, 4) is 6.07 Å². The molecule has 0 saturated carbocycles. The number of Topliss-reactive ketones (excluding diaryl/α,β-unsaturated/α-hetero) is 1. The fourth-order valence-electron chi connectivity index (χ4n) is 1.90. The highest BCUT2D eigenvalue weighted by atomic mass is 19.1. The first-order chi connectivity index (χ1) is 8.49. The Morgan fingerprint density at radius 3 is 2.33 bits per heavy atom. The maximum Gasteiger partial charge on any atom is 0.157 e. The van der Waals surface area contributed by atoms with Crippen LogP contribution in [0, 0.1) is 28.9 Å². The fraction of sp³-hybridized carbons (Fsp3) is 0.429. The van der Waals surface area contributed by atoms with E-state index in [1.54, 1.807) is 6.92 Å². The molecule has 0 aliphatic carbocycles. The molecule has 0 heterocycles. The second-order valence-corrected chi connectivity index (χ2v) is 4.36. The van der Waals surface area contributed by atoms with Gasteiger partial charge in [-0.15, -0.1) is 0 Å². The van der Waals surface area contributed by atoms with Crippen molar-refractivity contribution in [3.05, 3.63) is 35.4 Å². The lowest BCUT2D eigenvalue weighted by atomic mass is 9.87. The summed E-state index contributed by atoms with van der Waals surface area (Å²) >= 11 is 0. The zero-order valence-electron chi connectivity index (χ0n) is 10.4. The molecule has 4 heteroatoms. The van der Waals surface area contributed by atoms with E-state index in [-0.39, 0.29) is 17.3 Å². The average molecular weight is 251 g/mol. The summed E-state index contributed by atoms with van der Waals surface area (Å²) in [6.45, 7) is 3.67. The molecule has 0 aliphatic rings. The number of carbonyl (C=O) groups is 1. The molecule has 0 fully saturated rings. The van der Waals surface area contributed by atoms with Crippen LogP contribution in [-0.4, -0.2) is 5.78 Å². The third-order valence-corrected chi connectivity index (χ3v) is 2.84. The van der Waals surface area contributed by atoms with Gasteiger partial charge in [0.2, 0.25) is 0 Å². The Morgan fingerprint density at radius 2 is 1.89 bits per heavy atom. The summed E-state index contributed by atoms with van der Waals surface area (Å²) in [6.07, 6.45) is 1.48. The van der Waals surface area contributed by atoms with Gasteiger partial charge in [-0.1, -0.05) is 20.3 Å². The molecule has 0 aromatic heterocycles. The zero-order chi connectivity index (χ0) is 13.7. The molecule has 2 unspecified atom stereocenters. The molecular weight excluding hydrogens is 236 g/mol. The Balaban J connectivity index is 3.03. The van der Waals surface area contributed by atoms with Crippen molar-refractivity contribution in [1.29, 1.82) is 5.26 Å². The number of ketones is 1. The number of carbonyl (C=O) groups excluding carboxylic acids is 1. The minimum Gasteiger partial charge on any atom is -0.298 e. The Hall–Kier alpha value is -1.76. The molecule has 1 aromatic rings. The van der Waals surface area contributed by atoms with E-state index < -0.39 is 17.6 Å². The summed E-state index contributed by atoms with van der Waals surface area (Å²) in [6, 6.07) is 4.62. The van der Waals surface area contributed by atoms with Crippen LogP contribution < -0.4 is 0 Å². The summed E-state index contributed by atoms with van der Waals surface area (Å²) < 4.78 is 26.2. The van der Waals surface area contributed by atoms with Crippen LogP contribution in [0.25, 0.3) is 0 Å². The molecule has 2 nitrogen and oxygen atoms in total. The maximum atomic E-state index is 13.1. The van der Waals surface area contributed by atoms with Gasteiger partial charge in [-0.2, -0.15) is 5.26 Å². The van der Waals surface area contributed by atoms with Crippen molar-refractivity contribution < 1.29 is 13.6 Å². The average Bonchev–Trinajstić information content (AvgIpc) is 2.28. The highest BCUT2D eigenvalue weighted by molar-refractivity contribution is 5.90. The molecule has 0 N–H and O–H groups in total. The molecule has 1 rings (SSSR count). The standard InChI is InChI=1S/C14H15F2NO/c1-3-4-9(2)14(18)13(8-17)10-5-11(15)7-12(16)6-10/h5-7,9,13H,3-4H2,1-2H3. The lowest BCUT2D eigenvalue weighted by Crippen LogP contribution is -2.19. The molecule has 0 radical (unpaired) electrons. The first-order valence-corrected chi connectivity index (χ1v) is 5.89. The number of rotatable bonds is 5. The summed E-state index contributed by atoms with van der Waals surface area (Å²) in [5.41, 5.74) is 0.0861. The summed E-state index contributed by atoms with van der Waals surface area (Å²) in [5.74, 6) is -3.23. The largest absolute Gasteiger partial charge is 0.298 e. The van der Waals surface area contributed by atoms with Crippen LogP contribution in [0.1, 0.15) is 38.2 Å². The number of hydrogen-bond donors (Lipinski definition) is 0. The van der Waals surface area contributed by atoms with Gasteiger partial charge in [0.1, 0.15) is 17.6 Å². The van der Waals surface area contributed by atoms with Gasteiger partial charge >= 0.3 is 0 Å². The highest BCUT2D eigenvalue weighted by Gasteiger charge is 2.25. The predicted molar refractivity (Wildman–Crippen MR) is 63.8 cm³/mol. The van der Waals surface area contributed by atoms with Gasteiger partial charge in [-0.25, -0.2) is 8.78 Å². The van der Waals surface area contributed by atoms with Crippen molar-refractivity contribution in [2.24, 2.45) is 5.92 Å². The van der Waals surface area contributed by atoms with E-state index in [1.165, 1.54) is 0 Å². The Kier molecular flexibility index (Phi) is 4.96. The summed E-state index contributed by atoms with van der Waals surface area (Å²) in [7, 11) is 0. The lowest BCUT2D eigenvalue weighted by molar-refractivity contribution is -0.122. The van der Waals surface area contributed by atoms with Crippen LogP contribution in [0.4, 0.5) is 8.78 Å². The summed E-state index contributed by atoms with van der Waals surface area (Å²) in [5, 5.41) is 9.03. The van der Waals surface area contributed by atoms with Gasteiger partial charge in [0.05, 0.1) is 6.07 Å². The van der Waals surface area contributed by atoms with E-state index in [0.717, 1.165) is 24.6 Å². The van der Waals surface area contributed by atoms with E-state index in [2.05, 4.69) is 0 Å². The van der Waals surface area contributed by atoms with Crippen LogP contribution in [0.2, 0.25) is 0 Å². The normalized spacial score (nSPS) is 13.7. The smallest absolute Gasteiger partial charge is 0.157 e. The Labute approximate surface area is 105 Å². The van der Waals surface area contributed by atoms with Crippen molar-refractivity contribution in [2.45, 2.75) is 32.6 Å². The van der Waals surface area contributed by atoms with E-state index in [4.69, 9.17) is 5.26 Å². The topological polar surface area (TPSA) is 40.9 Å². The quantitative estimate of drug-likeness (QED) is 0.802. The maximum absolute atomic E-state index is 13.1. The molecule has 0 spiro atoms. The Bertz CT molecular complexity index is 459. The predicted octanol–water partition coefficient (Wildman–Crippen LogP) is 3.58. The monoisotopic (exact) mass is 251 g/mol. The fourth-order valence-corrected chi connectivity index (χ4v) is 1.90. The number of benzene rings is 1. The van der Waals surface area contributed by atoms with Crippen molar-refractivity contribution >= 4 is 5.78 Å². The number of halogens is 2. The molecule has 96 valence electrons. The molecule has 0 saturated heterocycles. The molecule has 2 atom stereocenters. The third kappa shape index (κ3) is 3.36. The third-order valence-electron chi connectivity index (χ3n) is 2.84. The van der Waals surface area contributed by atoms with Crippen LogP contribution in [0.3, 0.4) is 0 Å². The minimum absolute atomic E-state index is 0.0861. The Morgan fingerprint density at radius 1 is 1.33 bits per heavy atom. The SMILES string of the molecule is CCCC(C)C(=O)C(C#N)c1cc(F)cc(F)c1. The molecule has 0 amide bonds. The zero-order valence-corrected chi connectivity index (χ0v) is 10.4. The van der Waals surface area contributed by atoms with Crippen molar-refractivity contribution in [2.75, 3.05) is 0 Å². The number of nitriles is 1. The number of nitrogens with zero attached hydrogens (tertiary/aromatic N) is 1. The summed E-state index contributed by atoms with van der Waals surface area (Å²) in [4.78, 5) is 12.0. The highest BCUT2D eigenvalue weighted by Crippen LogP contribution is 2.23. The molecule has 1 aromatic carbocycles. The molecule has 18 heavy (non-hydrogen) atoms. The molecule has 0 bridgehead atoms. The van der Waals surface area contributed by atoms with E-state index in [0.29, 0.717) is 6.42 Å². The van der Waals surface area contributed by atoms with E-state index >= 15 is 0 Å². The first-order valence-electron chi connectivity index (χ1n) is 5.89. The van der Waals surface area contributed by atoms with E-state index in [1.807, 2.05) is 13.0 Å². The van der Waals surface area contributed by atoms with Crippen molar-refractivity contribution in [3.63, 3.8) is 0 Å². The molecule has 0 aliphatic heterocycles. The van der Waals surface area contributed by atoms with Gasteiger partial charge in [0, 0.05) is 12.0 Å². The van der Waals surface area contributed by atoms with Gasteiger partial charge in [-0.3, -0.25) is 4.79 Å². The lowest BCUT2D eigenvalue weighted by Gasteiger charge is -2.14. The van der Waals surface area contributed by atoms with Gasteiger partial charge in [0.15, 0.2) is 5.78 Å². The van der Waals surface area contributed by atoms with Gasteiger partial charge in [-0.05, 0) is 24.1 Å². The first kappa shape index (κ1) is 14.3. The van der Waals surface area contributed by atoms with Crippen LogP contribution in [-0.2, 0) is 4.79 Å². The molecular formula is C14H15F2NO.